The molecule has 0 bridgehead atoms. The van der Waals surface area contributed by atoms with Crippen LogP contribution in [0.15, 0.2) is 45.5 Å². The van der Waals surface area contributed by atoms with Gasteiger partial charge in [0.2, 0.25) is 0 Å². The largest absolute Gasteiger partial charge is 0.491 e. The number of piperidine rings is 1. The Labute approximate surface area is 243 Å². The summed E-state index contributed by atoms with van der Waals surface area (Å²) in [6.07, 6.45) is 12.4. The number of rotatable bonds is 10. The molecular weight excluding hydrogens is 528 g/mol. The zero-order valence-electron chi connectivity index (χ0n) is 24.5. The van der Waals surface area contributed by atoms with Crippen molar-refractivity contribution in [2.75, 3.05) is 33.4 Å². The van der Waals surface area contributed by atoms with Gasteiger partial charge in [0.05, 0.1) is 30.9 Å². The maximum absolute atomic E-state index is 6.45. The van der Waals surface area contributed by atoms with Crippen LogP contribution in [-0.4, -0.2) is 70.8 Å². The van der Waals surface area contributed by atoms with Crippen LogP contribution in [0.3, 0.4) is 0 Å². The number of imidazole rings is 1. The van der Waals surface area contributed by atoms with E-state index in [1.165, 1.54) is 0 Å². The molecule has 2 aliphatic heterocycles. The SMILES string of the molecule is CCCCc1ncc(-c2cn(C)cn2)cc1OCC1CCN(/C2=N/C(O[C@H](C)COC)=N\C(Cl)=C(/C)CC2)CC1. The molecule has 0 saturated carbocycles. The van der Waals surface area contributed by atoms with Crippen LogP contribution in [0.5, 0.6) is 5.75 Å². The topological polar surface area (TPSA) is 86.4 Å². The summed E-state index contributed by atoms with van der Waals surface area (Å²) in [6.45, 7) is 9.11. The highest BCUT2D eigenvalue weighted by Gasteiger charge is 2.25. The lowest BCUT2D eigenvalue weighted by Crippen LogP contribution is -2.40. The molecule has 0 spiro atoms. The van der Waals surface area contributed by atoms with Gasteiger partial charge in [-0.05, 0) is 63.5 Å². The normalized spacial score (nSPS) is 22.1. The zero-order chi connectivity index (χ0) is 28.5. The molecule has 4 heterocycles. The van der Waals surface area contributed by atoms with Gasteiger partial charge in [0.25, 0.3) is 0 Å². The first kappa shape index (κ1) is 30.1. The molecule has 2 aromatic heterocycles. The Hall–Kier alpha value is -2.91. The number of likely N-dealkylation sites (tertiary alicyclic amines) is 1. The van der Waals surface area contributed by atoms with E-state index in [0.29, 0.717) is 30.3 Å². The van der Waals surface area contributed by atoms with E-state index in [1.807, 2.05) is 44.2 Å². The monoisotopic (exact) mass is 570 g/mol. The van der Waals surface area contributed by atoms with Crippen LogP contribution >= 0.6 is 11.6 Å². The summed E-state index contributed by atoms with van der Waals surface area (Å²) in [5.74, 6) is 2.34. The van der Waals surface area contributed by atoms with Gasteiger partial charge in [-0.3, -0.25) is 4.98 Å². The average Bonchev–Trinajstić information content (AvgIpc) is 3.38. The summed E-state index contributed by atoms with van der Waals surface area (Å²) in [6, 6.07) is 2.40. The van der Waals surface area contributed by atoms with Crippen molar-refractivity contribution in [1.29, 1.82) is 0 Å². The molecule has 0 unspecified atom stereocenters. The van der Waals surface area contributed by atoms with E-state index in [0.717, 1.165) is 92.1 Å². The lowest BCUT2D eigenvalue weighted by atomic mass is 9.97. The molecule has 40 heavy (non-hydrogen) atoms. The van der Waals surface area contributed by atoms with Crippen molar-refractivity contribution in [2.45, 2.75) is 71.8 Å². The Balaban J connectivity index is 1.39. The molecule has 2 aromatic rings. The first-order valence-electron chi connectivity index (χ1n) is 14.4. The first-order chi connectivity index (χ1) is 19.4. The number of aryl methyl sites for hydroxylation is 2. The minimum absolute atomic E-state index is 0.172. The van der Waals surface area contributed by atoms with E-state index in [9.17, 15) is 0 Å². The van der Waals surface area contributed by atoms with Crippen LogP contribution < -0.4 is 4.74 Å². The van der Waals surface area contributed by atoms with E-state index in [4.69, 9.17) is 35.8 Å². The molecule has 4 rings (SSSR count). The van der Waals surface area contributed by atoms with Crippen molar-refractivity contribution < 1.29 is 14.2 Å². The molecule has 1 fully saturated rings. The third-order valence-corrected chi connectivity index (χ3v) is 7.76. The van der Waals surface area contributed by atoms with Gasteiger partial charge in [-0.15, -0.1) is 0 Å². The van der Waals surface area contributed by atoms with Gasteiger partial charge < -0.3 is 23.7 Å². The molecule has 1 saturated heterocycles. The molecular formula is C30H43ClN6O3. The molecule has 0 aliphatic carbocycles. The van der Waals surface area contributed by atoms with Gasteiger partial charge in [-0.2, -0.15) is 9.98 Å². The summed E-state index contributed by atoms with van der Waals surface area (Å²) in [4.78, 5) is 20.9. The van der Waals surface area contributed by atoms with Gasteiger partial charge in [0, 0.05) is 51.6 Å². The number of amidine groups is 2. The molecule has 0 amide bonds. The Kier molecular flexibility index (Phi) is 11.0. The third-order valence-electron chi connectivity index (χ3n) is 7.35. The second-order valence-corrected chi connectivity index (χ2v) is 11.2. The fourth-order valence-electron chi connectivity index (χ4n) is 4.90. The van der Waals surface area contributed by atoms with Crippen molar-refractivity contribution >= 4 is 23.5 Å². The zero-order valence-corrected chi connectivity index (χ0v) is 25.3. The number of nitrogens with zero attached hydrogens (tertiary/aromatic N) is 6. The van der Waals surface area contributed by atoms with Gasteiger partial charge in [-0.1, -0.05) is 24.9 Å². The van der Waals surface area contributed by atoms with Gasteiger partial charge in [-0.25, -0.2) is 4.98 Å². The van der Waals surface area contributed by atoms with Crippen molar-refractivity contribution in [3.8, 4) is 17.0 Å². The van der Waals surface area contributed by atoms with Crippen LogP contribution in [0.1, 0.15) is 65.0 Å². The Morgan fingerprint density at radius 2 is 1.95 bits per heavy atom. The summed E-state index contributed by atoms with van der Waals surface area (Å²) in [5, 5.41) is 0.457. The van der Waals surface area contributed by atoms with Crippen molar-refractivity contribution in [2.24, 2.45) is 23.0 Å². The third kappa shape index (κ3) is 8.30. The van der Waals surface area contributed by atoms with E-state index in [-0.39, 0.29) is 6.10 Å². The summed E-state index contributed by atoms with van der Waals surface area (Å²) < 4.78 is 19.6. The molecule has 0 radical (unpaired) electrons. The first-order valence-corrected chi connectivity index (χ1v) is 14.8. The number of hydrogen-bond acceptors (Lipinski definition) is 8. The average molecular weight is 571 g/mol. The molecule has 1 atom stereocenters. The number of aromatic nitrogens is 3. The summed E-state index contributed by atoms with van der Waals surface area (Å²) in [5.41, 5.74) is 3.96. The van der Waals surface area contributed by atoms with Crippen LogP contribution in [0.4, 0.5) is 0 Å². The molecule has 218 valence electrons. The van der Waals surface area contributed by atoms with Crippen LogP contribution in [0.2, 0.25) is 0 Å². The van der Waals surface area contributed by atoms with Gasteiger partial charge >= 0.3 is 6.02 Å². The van der Waals surface area contributed by atoms with E-state index < -0.39 is 0 Å². The van der Waals surface area contributed by atoms with Crippen molar-refractivity contribution in [1.82, 2.24) is 19.4 Å². The van der Waals surface area contributed by atoms with E-state index in [1.54, 1.807) is 7.11 Å². The molecule has 9 nitrogen and oxygen atoms in total. The molecule has 2 aliphatic rings. The number of pyridine rings is 1. The Bertz CT molecular complexity index is 1220. The van der Waals surface area contributed by atoms with Crippen LogP contribution in [-0.2, 0) is 22.9 Å². The lowest BCUT2D eigenvalue weighted by molar-refractivity contribution is 0.0834. The fourth-order valence-corrected chi connectivity index (χ4v) is 5.07. The standard InChI is InChI=1S/C30H43ClN6O3/c1-6-7-8-25-27(15-24(16-32-25)26-17-36(4)20-33-26)39-19-23-11-13-37(14-12-23)28-10-9-21(2)29(31)35-30(34-28)40-22(3)18-38-5/h15-17,20,22-23H,6-14,18-19H2,1-5H3/b29-21+,34-28+,35-30+/t22-/m1/s1. The summed E-state index contributed by atoms with van der Waals surface area (Å²) in [7, 11) is 3.63. The quantitative estimate of drug-likeness (QED) is 0.326. The number of methoxy groups -OCH3 is 1. The van der Waals surface area contributed by atoms with E-state index >= 15 is 0 Å². The molecule has 0 aromatic carbocycles. The van der Waals surface area contributed by atoms with Crippen molar-refractivity contribution in [3.63, 3.8) is 0 Å². The minimum atomic E-state index is -0.172. The minimum Gasteiger partial charge on any atom is -0.491 e. The molecule has 10 heteroatoms. The smallest absolute Gasteiger partial charge is 0.319 e. The van der Waals surface area contributed by atoms with Gasteiger partial charge in [0.15, 0.2) is 0 Å². The second-order valence-electron chi connectivity index (χ2n) is 10.8. The Morgan fingerprint density at radius 3 is 2.65 bits per heavy atom. The molecule has 0 N–H and O–H groups in total. The Morgan fingerprint density at radius 1 is 1.15 bits per heavy atom. The maximum atomic E-state index is 6.45. The highest BCUT2D eigenvalue weighted by Crippen LogP contribution is 2.28. The predicted octanol–water partition coefficient (Wildman–Crippen LogP) is 5.99. The maximum Gasteiger partial charge on any atom is 0.319 e. The van der Waals surface area contributed by atoms with Crippen LogP contribution in [0, 0.1) is 5.92 Å². The number of aliphatic imine (C=N–C) groups is 2. The van der Waals surface area contributed by atoms with Crippen LogP contribution in [0.25, 0.3) is 11.3 Å². The predicted molar refractivity (Wildman–Crippen MR) is 160 cm³/mol. The number of ether oxygens (including phenoxy) is 3. The van der Waals surface area contributed by atoms with E-state index in [2.05, 4.69) is 27.9 Å². The van der Waals surface area contributed by atoms with Crippen molar-refractivity contribution in [3.05, 3.63) is 41.2 Å². The fraction of sp³-hybridized carbons (Fsp3) is 0.600. The number of hydrogen-bond donors (Lipinski definition) is 0. The highest BCUT2D eigenvalue weighted by atomic mass is 35.5. The lowest BCUT2D eigenvalue weighted by Gasteiger charge is -2.34. The highest BCUT2D eigenvalue weighted by molar-refractivity contribution is 6.30. The number of unbranched alkanes of at least 4 members (excludes halogenated alkanes) is 1. The second kappa shape index (κ2) is 14.6. The number of allylic oxidation sites excluding steroid dienone is 1. The van der Waals surface area contributed by atoms with Gasteiger partial charge in [0.1, 0.15) is 22.8 Å². The number of halogens is 1. The summed E-state index contributed by atoms with van der Waals surface area (Å²) >= 11 is 6.40.